The van der Waals surface area contributed by atoms with Crippen LogP contribution in [0.2, 0.25) is 15.1 Å². The van der Waals surface area contributed by atoms with Gasteiger partial charge in [-0.1, -0.05) is 46.9 Å². The molecule has 0 unspecified atom stereocenters. The van der Waals surface area contributed by atoms with Crippen LogP contribution in [-0.4, -0.2) is 5.97 Å². The summed E-state index contributed by atoms with van der Waals surface area (Å²) in [5.41, 5.74) is 6.96. The molecular weight excluding hydrogens is 321 g/mol. The van der Waals surface area contributed by atoms with Gasteiger partial charge in [0.15, 0.2) is 0 Å². The number of rotatable bonds is 3. The summed E-state index contributed by atoms with van der Waals surface area (Å²) in [7, 11) is 0. The van der Waals surface area contributed by atoms with E-state index in [1.54, 1.807) is 24.3 Å². The Morgan fingerprint density at radius 1 is 1.10 bits per heavy atom. The van der Waals surface area contributed by atoms with Gasteiger partial charge in [-0.25, -0.2) is 4.79 Å². The number of esters is 1. The van der Waals surface area contributed by atoms with E-state index in [4.69, 9.17) is 45.3 Å². The second-order valence-electron chi connectivity index (χ2n) is 4.06. The first-order valence-corrected chi connectivity index (χ1v) is 6.77. The molecule has 0 aliphatic heterocycles. The van der Waals surface area contributed by atoms with E-state index >= 15 is 0 Å². The van der Waals surface area contributed by atoms with Crippen molar-refractivity contribution in [2.24, 2.45) is 0 Å². The summed E-state index contributed by atoms with van der Waals surface area (Å²) in [6, 6.07) is 9.85. The summed E-state index contributed by atoms with van der Waals surface area (Å²) >= 11 is 17.5. The van der Waals surface area contributed by atoms with E-state index in [-0.39, 0.29) is 27.9 Å². The summed E-state index contributed by atoms with van der Waals surface area (Å²) in [4.78, 5) is 11.9. The van der Waals surface area contributed by atoms with Crippen molar-refractivity contribution >= 4 is 46.5 Å². The van der Waals surface area contributed by atoms with Crippen LogP contribution in [-0.2, 0) is 11.3 Å². The predicted octanol–water partition coefficient (Wildman–Crippen LogP) is 4.59. The molecule has 104 valence electrons. The highest BCUT2D eigenvalue weighted by molar-refractivity contribution is 6.43. The van der Waals surface area contributed by atoms with Gasteiger partial charge in [0.25, 0.3) is 0 Å². The van der Waals surface area contributed by atoms with Crippen molar-refractivity contribution in [2.45, 2.75) is 6.61 Å². The summed E-state index contributed by atoms with van der Waals surface area (Å²) in [5, 5.41) is 1.06. The second-order valence-corrected chi connectivity index (χ2v) is 5.29. The van der Waals surface area contributed by atoms with Crippen molar-refractivity contribution in [3.05, 3.63) is 62.6 Å². The number of carbonyl (C=O) groups is 1. The fourth-order valence-corrected chi connectivity index (χ4v) is 2.00. The molecule has 2 N–H and O–H groups in total. The minimum atomic E-state index is -0.523. The van der Waals surface area contributed by atoms with Crippen LogP contribution < -0.4 is 5.73 Å². The van der Waals surface area contributed by atoms with Crippen LogP contribution in [0.1, 0.15) is 15.9 Å². The minimum Gasteiger partial charge on any atom is -0.457 e. The lowest BCUT2D eigenvalue weighted by Crippen LogP contribution is -2.06. The SMILES string of the molecule is Nc1cc(C(=O)OCc2ccc(Cl)cc2)cc(Cl)c1Cl. The molecule has 0 aliphatic rings. The van der Waals surface area contributed by atoms with E-state index in [0.29, 0.717) is 5.02 Å². The molecule has 0 saturated carbocycles. The maximum Gasteiger partial charge on any atom is 0.338 e. The molecule has 0 bridgehead atoms. The highest BCUT2D eigenvalue weighted by Crippen LogP contribution is 2.29. The maximum atomic E-state index is 11.9. The largest absolute Gasteiger partial charge is 0.457 e. The molecule has 20 heavy (non-hydrogen) atoms. The van der Waals surface area contributed by atoms with Crippen LogP contribution in [0.4, 0.5) is 5.69 Å². The standard InChI is InChI=1S/C14H10Cl3NO2/c15-10-3-1-8(2-4-10)7-20-14(19)9-5-11(16)13(17)12(18)6-9/h1-6H,7,18H2. The Bertz CT molecular complexity index is 618. The van der Waals surface area contributed by atoms with Crippen molar-refractivity contribution in [1.29, 1.82) is 0 Å². The van der Waals surface area contributed by atoms with Crippen molar-refractivity contribution in [3.8, 4) is 0 Å². The first-order chi connectivity index (χ1) is 9.47. The summed E-state index contributed by atoms with van der Waals surface area (Å²) in [6.07, 6.45) is 0. The topological polar surface area (TPSA) is 52.3 Å². The number of ether oxygens (including phenoxy) is 1. The number of halogens is 3. The van der Waals surface area contributed by atoms with Crippen molar-refractivity contribution in [1.82, 2.24) is 0 Å². The maximum absolute atomic E-state index is 11.9. The fourth-order valence-electron chi connectivity index (χ4n) is 1.54. The van der Waals surface area contributed by atoms with E-state index in [0.717, 1.165) is 5.56 Å². The lowest BCUT2D eigenvalue weighted by Gasteiger charge is -2.07. The zero-order chi connectivity index (χ0) is 14.7. The van der Waals surface area contributed by atoms with Gasteiger partial charge in [0, 0.05) is 5.02 Å². The Hall–Kier alpha value is -1.42. The predicted molar refractivity (Wildman–Crippen MR) is 81.4 cm³/mol. The second kappa shape index (κ2) is 6.35. The zero-order valence-corrected chi connectivity index (χ0v) is 12.5. The van der Waals surface area contributed by atoms with Gasteiger partial charge in [-0.05, 0) is 29.8 Å². The Morgan fingerprint density at radius 3 is 2.35 bits per heavy atom. The van der Waals surface area contributed by atoms with Gasteiger partial charge in [0.2, 0.25) is 0 Å². The number of nitrogens with two attached hydrogens (primary N) is 1. The Morgan fingerprint density at radius 2 is 1.75 bits per heavy atom. The van der Waals surface area contributed by atoms with Crippen LogP contribution in [0.15, 0.2) is 36.4 Å². The summed E-state index contributed by atoms with van der Waals surface area (Å²) in [6.45, 7) is 0.135. The minimum absolute atomic E-state index is 0.135. The average molecular weight is 331 g/mol. The molecular formula is C14H10Cl3NO2. The molecule has 2 aromatic carbocycles. The molecule has 0 amide bonds. The van der Waals surface area contributed by atoms with Crippen LogP contribution >= 0.6 is 34.8 Å². The Kier molecular flexibility index (Phi) is 4.76. The number of hydrogen-bond acceptors (Lipinski definition) is 3. The van der Waals surface area contributed by atoms with Crippen molar-refractivity contribution in [2.75, 3.05) is 5.73 Å². The van der Waals surface area contributed by atoms with Crippen LogP contribution in [0.25, 0.3) is 0 Å². The van der Waals surface area contributed by atoms with Crippen LogP contribution in [0.3, 0.4) is 0 Å². The molecule has 2 aromatic rings. The van der Waals surface area contributed by atoms with Gasteiger partial charge in [0.1, 0.15) is 6.61 Å². The summed E-state index contributed by atoms with van der Waals surface area (Å²) in [5.74, 6) is -0.523. The first kappa shape index (κ1) is 15.0. The van der Waals surface area contributed by atoms with Gasteiger partial charge < -0.3 is 10.5 Å². The highest BCUT2D eigenvalue weighted by Gasteiger charge is 2.12. The third-order valence-corrected chi connectivity index (χ3v) is 3.64. The first-order valence-electron chi connectivity index (χ1n) is 5.63. The molecule has 0 heterocycles. The van der Waals surface area contributed by atoms with E-state index in [1.165, 1.54) is 12.1 Å². The third kappa shape index (κ3) is 3.57. The smallest absolute Gasteiger partial charge is 0.338 e. The molecule has 0 aliphatic carbocycles. The van der Waals surface area contributed by atoms with Gasteiger partial charge in [-0.2, -0.15) is 0 Å². The Balaban J connectivity index is 2.07. The number of nitrogen functional groups attached to an aromatic ring is 1. The van der Waals surface area contributed by atoms with Gasteiger partial charge in [0.05, 0.1) is 21.3 Å². The van der Waals surface area contributed by atoms with E-state index in [9.17, 15) is 4.79 Å². The Labute approximate surface area is 131 Å². The molecule has 3 nitrogen and oxygen atoms in total. The van der Waals surface area contributed by atoms with Gasteiger partial charge >= 0.3 is 5.97 Å². The lowest BCUT2D eigenvalue weighted by molar-refractivity contribution is 0.0473. The highest BCUT2D eigenvalue weighted by atomic mass is 35.5. The van der Waals surface area contributed by atoms with Gasteiger partial charge in [-0.3, -0.25) is 0 Å². The van der Waals surface area contributed by atoms with E-state index < -0.39 is 5.97 Å². The molecule has 0 spiro atoms. The molecule has 2 rings (SSSR count). The van der Waals surface area contributed by atoms with E-state index in [1.807, 2.05) is 0 Å². The molecule has 0 atom stereocenters. The number of carbonyl (C=O) groups excluding carboxylic acids is 1. The molecule has 0 fully saturated rings. The van der Waals surface area contributed by atoms with Crippen LogP contribution in [0.5, 0.6) is 0 Å². The number of benzene rings is 2. The number of hydrogen-bond donors (Lipinski definition) is 1. The molecule has 0 saturated heterocycles. The third-order valence-electron chi connectivity index (χ3n) is 2.58. The van der Waals surface area contributed by atoms with Crippen molar-refractivity contribution in [3.63, 3.8) is 0 Å². The summed E-state index contributed by atoms with van der Waals surface area (Å²) < 4.78 is 5.16. The molecule has 6 heteroatoms. The number of anilines is 1. The lowest BCUT2D eigenvalue weighted by atomic mass is 10.2. The normalized spacial score (nSPS) is 10.3. The molecule has 0 aromatic heterocycles. The zero-order valence-electron chi connectivity index (χ0n) is 10.2. The average Bonchev–Trinajstić information content (AvgIpc) is 2.43. The quantitative estimate of drug-likeness (QED) is 0.661. The monoisotopic (exact) mass is 329 g/mol. The molecule has 0 radical (unpaired) electrons. The fraction of sp³-hybridized carbons (Fsp3) is 0.0714. The van der Waals surface area contributed by atoms with E-state index in [2.05, 4.69) is 0 Å². The van der Waals surface area contributed by atoms with Crippen LogP contribution in [0, 0.1) is 0 Å². The van der Waals surface area contributed by atoms with Gasteiger partial charge in [-0.15, -0.1) is 0 Å². The van der Waals surface area contributed by atoms with Crippen molar-refractivity contribution < 1.29 is 9.53 Å².